The van der Waals surface area contributed by atoms with Crippen molar-refractivity contribution in [1.29, 1.82) is 0 Å². The van der Waals surface area contributed by atoms with E-state index in [0.29, 0.717) is 32.0 Å². The van der Waals surface area contributed by atoms with E-state index in [0.717, 1.165) is 20.8 Å². The zero-order chi connectivity index (χ0) is 25.0. The predicted octanol–water partition coefficient (Wildman–Crippen LogP) is 2.44. The summed E-state index contributed by atoms with van der Waals surface area (Å²) in [5.41, 5.74) is 6.91. The van der Waals surface area contributed by atoms with Crippen LogP contribution in [0.1, 0.15) is 10.4 Å². The van der Waals surface area contributed by atoms with E-state index >= 15 is 0 Å². The molecule has 1 saturated heterocycles. The SMILES string of the molecule is Cc1sc2ncnc(SCC(=O)NNC(=S)Nc3ccc(S(=O)(=O)N4CCOCC4)cc3)c2c1C. The van der Waals surface area contributed by atoms with Crippen molar-refractivity contribution in [2.24, 2.45) is 0 Å². The van der Waals surface area contributed by atoms with Gasteiger partial charge in [0.15, 0.2) is 5.11 Å². The Morgan fingerprint density at radius 3 is 2.60 bits per heavy atom. The van der Waals surface area contributed by atoms with Gasteiger partial charge in [0.05, 0.1) is 23.9 Å². The van der Waals surface area contributed by atoms with Gasteiger partial charge >= 0.3 is 0 Å². The summed E-state index contributed by atoms with van der Waals surface area (Å²) in [5, 5.41) is 4.83. The van der Waals surface area contributed by atoms with Crippen LogP contribution in [0.2, 0.25) is 0 Å². The molecular formula is C21H24N6O4S4. The number of aromatic nitrogens is 2. The van der Waals surface area contributed by atoms with Crippen LogP contribution in [0.5, 0.6) is 0 Å². The van der Waals surface area contributed by atoms with Crippen molar-refractivity contribution in [3.05, 3.63) is 41.0 Å². The van der Waals surface area contributed by atoms with Crippen molar-refractivity contribution in [1.82, 2.24) is 25.1 Å². The smallest absolute Gasteiger partial charge is 0.248 e. The molecule has 3 heterocycles. The van der Waals surface area contributed by atoms with Gasteiger partial charge in [0, 0.05) is 29.0 Å². The average molecular weight is 553 g/mol. The fraction of sp³-hybridized carbons (Fsp3) is 0.333. The molecule has 0 saturated carbocycles. The number of benzene rings is 1. The lowest BCUT2D eigenvalue weighted by atomic mass is 10.2. The zero-order valence-electron chi connectivity index (χ0n) is 19.0. The average Bonchev–Trinajstić information content (AvgIpc) is 3.16. The molecule has 186 valence electrons. The van der Waals surface area contributed by atoms with Gasteiger partial charge < -0.3 is 10.1 Å². The quantitative estimate of drug-likeness (QED) is 0.182. The minimum Gasteiger partial charge on any atom is -0.379 e. The summed E-state index contributed by atoms with van der Waals surface area (Å²) in [4.78, 5) is 23.2. The largest absolute Gasteiger partial charge is 0.379 e. The number of nitrogens with zero attached hydrogens (tertiary/aromatic N) is 3. The maximum Gasteiger partial charge on any atom is 0.248 e. The van der Waals surface area contributed by atoms with Gasteiger partial charge in [0.25, 0.3) is 0 Å². The molecule has 1 aliphatic rings. The Morgan fingerprint density at radius 1 is 1.17 bits per heavy atom. The molecule has 3 N–H and O–H groups in total. The Labute approximate surface area is 216 Å². The normalized spacial score (nSPS) is 14.6. The Morgan fingerprint density at radius 2 is 1.89 bits per heavy atom. The number of fused-ring (bicyclic) bond motifs is 1. The van der Waals surface area contributed by atoms with Crippen LogP contribution < -0.4 is 16.2 Å². The van der Waals surface area contributed by atoms with Crippen LogP contribution in [0, 0.1) is 13.8 Å². The number of hydrazine groups is 1. The van der Waals surface area contributed by atoms with Gasteiger partial charge in [-0.2, -0.15) is 4.31 Å². The summed E-state index contributed by atoms with van der Waals surface area (Å²) in [6, 6.07) is 6.26. The number of hydrogen-bond acceptors (Lipinski definition) is 9. The number of sulfonamides is 1. The molecule has 14 heteroatoms. The van der Waals surface area contributed by atoms with Gasteiger partial charge in [-0.1, -0.05) is 11.8 Å². The first kappa shape index (κ1) is 25.7. The molecule has 1 aliphatic heterocycles. The van der Waals surface area contributed by atoms with Crippen LogP contribution in [0.4, 0.5) is 5.69 Å². The molecule has 3 aromatic rings. The number of morpholine rings is 1. The second-order valence-corrected chi connectivity index (χ2v) is 12.1. The predicted molar refractivity (Wildman–Crippen MR) is 141 cm³/mol. The summed E-state index contributed by atoms with van der Waals surface area (Å²) < 4.78 is 32.0. The summed E-state index contributed by atoms with van der Waals surface area (Å²) in [7, 11) is -3.56. The van der Waals surface area contributed by atoms with E-state index < -0.39 is 10.0 Å². The molecule has 4 rings (SSSR count). The lowest BCUT2D eigenvalue weighted by Crippen LogP contribution is -2.44. The Hall–Kier alpha value is -2.36. The van der Waals surface area contributed by atoms with E-state index in [-0.39, 0.29) is 21.7 Å². The number of thioether (sulfide) groups is 1. The molecule has 2 aromatic heterocycles. The van der Waals surface area contributed by atoms with E-state index in [9.17, 15) is 13.2 Å². The third-order valence-electron chi connectivity index (χ3n) is 5.31. The lowest BCUT2D eigenvalue weighted by Gasteiger charge is -2.26. The highest BCUT2D eigenvalue weighted by atomic mass is 32.2. The van der Waals surface area contributed by atoms with Crippen molar-refractivity contribution in [2.45, 2.75) is 23.8 Å². The number of aryl methyl sites for hydroxylation is 2. The number of hydrogen-bond donors (Lipinski definition) is 3. The summed E-state index contributed by atoms with van der Waals surface area (Å²) in [6.45, 7) is 5.51. The molecule has 35 heavy (non-hydrogen) atoms. The number of amides is 1. The molecule has 1 aromatic carbocycles. The molecule has 0 bridgehead atoms. The number of anilines is 1. The minimum atomic E-state index is -3.56. The van der Waals surface area contributed by atoms with Crippen LogP contribution in [-0.4, -0.2) is 65.8 Å². The van der Waals surface area contributed by atoms with Gasteiger partial charge in [0.1, 0.15) is 16.2 Å². The molecule has 0 spiro atoms. The topological polar surface area (TPSA) is 126 Å². The Bertz CT molecular complexity index is 1340. The number of carbonyl (C=O) groups excluding carboxylic acids is 1. The molecule has 1 fully saturated rings. The molecule has 10 nitrogen and oxygen atoms in total. The molecule has 0 aliphatic carbocycles. The molecule has 0 unspecified atom stereocenters. The second kappa shape index (κ2) is 11.1. The van der Waals surface area contributed by atoms with E-state index in [1.807, 2.05) is 13.8 Å². The maximum absolute atomic E-state index is 12.7. The third kappa shape index (κ3) is 6.08. The number of carbonyl (C=O) groups is 1. The van der Waals surface area contributed by atoms with Crippen molar-refractivity contribution in [3.8, 4) is 0 Å². The second-order valence-electron chi connectivity index (χ2n) is 7.60. The molecular weight excluding hydrogens is 529 g/mol. The Kier molecular flexibility index (Phi) is 8.19. The van der Waals surface area contributed by atoms with Gasteiger partial charge in [0.2, 0.25) is 15.9 Å². The number of thiophene rings is 1. The number of rotatable bonds is 6. The van der Waals surface area contributed by atoms with Crippen LogP contribution in [0.25, 0.3) is 10.2 Å². The van der Waals surface area contributed by atoms with Crippen LogP contribution in [0.3, 0.4) is 0 Å². The Balaban J connectivity index is 1.26. The van der Waals surface area contributed by atoms with Gasteiger partial charge in [-0.3, -0.25) is 15.6 Å². The van der Waals surface area contributed by atoms with Gasteiger partial charge in [-0.15, -0.1) is 11.3 Å². The monoisotopic (exact) mass is 552 g/mol. The number of ether oxygens (including phenoxy) is 1. The first-order chi connectivity index (χ1) is 16.8. The summed E-state index contributed by atoms with van der Waals surface area (Å²) in [6.07, 6.45) is 1.51. The van der Waals surface area contributed by atoms with E-state index in [1.165, 1.54) is 39.4 Å². The molecule has 0 radical (unpaired) electrons. The van der Waals surface area contributed by atoms with Crippen molar-refractivity contribution < 1.29 is 17.9 Å². The first-order valence-electron chi connectivity index (χ1n) is 10.6. The standard InChI is InChI=1S/C21H24N6O4S4/c1-13-14(2)34-20-18(13)19(22-12-23-20)33-11-17(28)25-26-21(32)24-15-3-5-16(6-4-15)35(29,30)27-7-9-31-10-8-27/h3-6,12H,7-11H2,1-2H3,(H,25,28)(H2,24,26,32). The van der Waals surface area contributed by atoms with Crippen LogP contribution in [-0.2, 0) is 19.6 Å². The first-order valence-corrected chi connectivity index (χ1v) is 14.3. The number of nitrogens with one attached hydrogen (secondary N) is 3. The zero-order valence-corrected chi connectivity index (χ0v) is 22.3. The fourth-order valence-corrected chi connectivity index (χ4v) is 6.86. The number of thiocarbonyl (C=S) groups is 1. The summed E-state index contributed by atoms with van der Waals surface area (Å²) >= 11 is 8.16. The van der Waals surface area contributed by atoms with E-state index in [1.54, 1.807) is 23.5 Å². The highest BCUT2D eigenvalue weighted by Crippen LogP contribution is 2.34. The van der Waals surface area contributed by atoms with E-state index in [2.05, 4.69) is 26.1 Å². The minimum absolute atomic E-state index is 0.143. The lowest BCUT2D eigenvalue weighted by molar-refractivity contribution is -0.119. The van der Waals surface area contributed by atoms with Gasteiger partial charge in [-0.05, 0) is 55.9 Å². The fourth-order valence-electron chi connectivity index (χ4n) is 3.36. The molecule has 0 atom stereocenters. The van der Waals surface area contributed by atoms with E-state index in [4.69, 9.17) is 17.0 Å². The highest BCUT2D eigenvalue weighted by Gasteiger charge is 2.26. The van der Waals surface area contributed by atoms with Crippen molar-refractivity contribution >= 4 is 72.3 Å². The highest BCUT2D eigenvalue weighted by molar-refractivity contribution is 8.00. The van der Waals surface area contributed by atoms with Crippen molar-refractivity contribution in [2.75, 3.05) is 37.4 Å². The summed E-state index contributed by atoms with van der Waals surface area (Å²) in [5.74, 6) is -0.132. The van der Waals surface area contributed by atoms with Crippen LogP contribution in [0.15, 0.2) is 40.5 Å². The van der Waals surface area contributed by atoms with Crippen molar-refractivity contribution in [3.63, 3.8) is 0 Å². The van der Waals surface area contributed by atoms with Crippen LogP contribution >= 0.6 is 35.3 Å². The maximum atomic E-state index is 12.7. The third-order valence-corrected chi connectivity index (χ3v) is 9.53. The molecule has 1 amide bonds. The van der Waals surface area contributed by atoms with Gasteiger partial charge in [-0.25, -0.2) is 18.4 Å².